The van der Waals surface area contributed by atoms with E-state index in [0.717, 1.165) is 49.9 Å². The minimum Gasteiger partial charge on any atom is -0.447 e. The Kier molecular flexibility index (Phi) is 4.36. The Morgan fingerprint density at radius 3 is 2.08 bits per heavy atom. The van der Waals surface area contributed by atoms with Gasteiger partial charge in [0, 0.05) is 33.3 Å². The van der Waals surface area contributed by atoms with Crippen LogP contribution in [0.2, 0.25) is 0 Å². The topological polar surface area (TPSA) is 35.4 Å². The summed E-state index contributed by atoms with van der Waals surface area (Å²) in [5, 5.41) is 4.30. The maximum atomic E-state index is 13.9. The van der Waals surface area contributed by atoms with Crippen LogP contribution in [0.1, 0.15) is 0 Å². The van der Waals surface area contributed by atoms with Gasteiger partial charge < -0.3 is 4.42 Å². The molecule has 0 aliphatic rings. The molecule has 0 saturated carbocycles. The second-order valence-electron chi connectivity index (χ2n) is 9.63. The first kappa shape index (κ1) is 22.0. The van der Waals surface area contributed by atoms with Crippen molar-refractivity contribution in [3.05, 3.63) is 110 Å². The van der Waals surface area contributed by atoms with Gasteiger partial charge in [-0.15, -0.1) is 13.2 Å². The Balaban J connectivity index is 1.24. The Hall–Kier alpha value is -5.04. The molecule has 39 heavy (non-hydrogen) atoms. The van der Waals surface area contributed by atoms with Crippen LogP contribution in [0.25, 0.3) is 71.7 Å². The molecule has 0 unspecified atom stereocenters. The summed E-state index contributed by atoms with van der Waals surface area (Å²) in [5.41, 5.74) is 5.34. The van der Waals surface area contributed by atoms with E-state index in [9.17, 15) is 13.2 Å². The van der Waals surface area contributed by atoms with E-state index in [-0.39, 0.29) is 11.0 Å². The molecule has 7 heteroatoms. The number of hydrogen-bond donors (Lipinski definition) is 0. The van der Waals surface area contributed by atoms with E-state index in [1.54, 1.807) is 36.6 Å². The van der Waals surface area contributed by atoms with E-state index in [4.69, 9.17) is 9.40 Å². The molecule has 0 aliphatic heterocycles. The number of halogens is 3. The van der Waals surface area contributed by atoms with Gasteiger partial charge in [-0.05, 0) is 40.8 Å². The number of aromatic nitrogens is 3. The molecule has 8 rings (SSSR count). The number of rotatable bonds is 2. The van der Waals surface area contributed by atoms with E-state index in [1.807, 2.05) is 59.1 Å². The van der Waals surface area contributed by atoms with Crippen molar-refractivity contribution in [3.63, 3.8) is 0 Å². The van der Waals surface area contributed by atoms with Crippen LogP contribution in [-0.4, -0.2) is 14.0 Å². The zero-order valence-corrected chi connectivity index (χ0v) is 20.3. The molecule has 0 aliphatic carbocycles. The first-order valence-corrected chi connectivity index (χ1v) is 12.5. The van der Waals surface area contributed by atoms with Crippen LogP contribution in [0.3, 0.4) is 0 Å². The van der Waals surface area contributed by atoms with Crippen molar-refractivity contribution in [3.8, 4) is 22.4 Å². The number of imidazole rings is 1. The highest BCUT2D eigenvalue weighted by molar-refractivity contribution is 6.11. The zero-order valence-electron chi connectivity index (χ0n) is 20.3. The quantitative estimate of drug-likeness (QED) is 0.229. The van der Waals surface area contributed by atoms with Gasteiger partial charge in [-0.25, -0.2) is 4.98 Å². The highest BCUT2D eigenvalue weighted by Crippen LogP contribution is 2.39. The van der Waals surface area contributed by atoms with Gasteiger partial charge in [0.15, 0.2) is 0 Å². The number of pyridine rings is 1. The summed E-state index contributed by atoms with van der Waals surface area (Å²) in [4.78, 5) is 4.94. The number of para-hydroxylation sites is 1. The lowest BCUT2D eigenvalue weighted by atomic mass is 10.0. The lowest BCUT2D eigenvalue weighted by Gasteiger charge is -2.11. The molecular formula is C32H18F3N3O. The molecule has 8 aromatic rings. The van der Waals surface area contributed by atoms with Crippen LogP contribution >= 0.6 is 0 Å². The smallest absolute Gasteiger partial charge is 0.447 e. The monoisotopic (exact) mass is 517 g/mol. The summed E-state index contributed by atoms with van der Waals surface area (Å²) in [6.45, 7) is 0. The van der Waals surface area contributed by atoms with E-state index in [0.29, 0.717) is 15.3 Å². The van der Waals surface area contributed by atoms with Crippen LogP contribution in [-0.2, 0) is 6.30 Å². The van der Waals surface area contributed by atoms with Gasteiger partial charge in [-0.3, -0.25) is 8.97 Å². The third kappa shape index (κ3) is 3.16. The van der Waals surface area contributed by atoms with E-state index in [1.165, 1.54) is 6.07 Å². The molecular weight excluding hydrogens is 499 g/mol. The van der Waals surface area contributed by atoms with Gasteiger partial charge in [0.25, 0.3) is 0 Å². The third-order valence-corrected chi connectivity index (χ3v) is 7.47. The highest BCUT2D eigenvalue weighted by atomic mass is 19.4. The SMILES string of the molecule is FC(F)(F)n1c2ccccc2c2cc(-c3ccc(-c4cn5c(n4)c4ccccc4c4ccoc45)cc3)ccc21. The van der Waals surface area contributed by atoms with Gasteiger partial charge in [-0.1, -0.05) is 72.8 Å². The fourth-order valence-electron chi connectivity index (χ4n) is 5.73. The number of hydrogen-bond acceptors (Lipinski definition) is 2. The third-order valence-electron chi connectivity index (χ3n) is 7.47. The summed E-state index contributed by atoms with van der Waals surface area (Å²) in [6.07, 6.45) is -0.847. The molecule has 4 heterocycles. The van der Waals surface area contributed by atoms with Crippen molar-refractivity contribution < 1.29 is 17.6 Å². The number of furan rings is 1. The predicted molar refractivity (Wildman–Crippen MR) is 148 cm³/mol. The zero-order chi connectivity index (χ0) is 26.3. The summed E-state index contributed by atoms with van der Waals surface area (Å²) < 4.78 is 49.9. The van der Waals surface area contributed by atoms with Gasteiger partial charge >= 0.3 is 6.30 Å². The molecule has 0 N–H and O–H groups in total. The Morgan fingerprint density at radius 2 is 1.28 bits per heavy atom. The number of alkyl halides is 3. The van der Waals surface area contributed by atoms with Gasteiger partial charge in [0.05, 0.1) is 23.0 Å². The van der Waals surface area contributed by atoms with Crippen molar-refractivity contribution in [1.29, 1.82) is 0 Å². The molecule has 4 aromatic carbocycles. The first-order valence-electron chi connectivity index (χ1n) is 12.5. The van der Waals surface area contributed by atoms with Crippen molar-refractivity contribution in [2.24, 2.45) is 0 Å². The number of benzene rings is 4. The van der Waals surface area contributed by atoms with Gasteiger partial charge in [0.1, 0.15) is 5.65 Å². The average molecular weight is 518 g/mol. The Morgan fingerprint density at radius 1 is 0.615 bits per heavy atom. The van der Waals surface area contributed by atoms with Crippen LogP contribution < -0.4 is 0 Å². The summed E-state index contributed by atoms with van der Waals surface area (Å²) in [7, 11) is 0. The molecule has 0 saturated heterocycles. The lowest BCUT2D eigenvalue weighted by Crippen LogP contribution is -2.15. The van der Waals surface area contributed by atoms with Crippen LogP contribution in [0, 0.1) is 0 Å². The maximum Gasteiger partial charge on any atom is 0.489 e. The Bertz CT molecular complexity index is 2220. The Labute approximate surface area is 219 Å². The highest BCUT2D eigenvalue weighted by Gasteiger charge is 2.34. The normalized spacial score (nSPS) is 12.5. The van der Waals surface area contributed by atoms with Crippen LogP contribution in [0.4, 0.5) is 13.2 Å². The molecule has 0 spiro atoms. The molecule has 0 atom stereocenters. The summed E-state index contributed by atoms with van der Waals surface area (Å²) in [5.74, 6) is 0. The maximum absolute atomic E-state index is 13.9. The standard InChI is InChI=1S/C32H18F3N3O/c33-32(34,35)38-28-8-4-3-6-23(28)26-17-21(13-14-29(26)38)19-9-11-20(12-10-19)27-18-37-30(36-27)24-7-2-1-5-22(24)25-15-16-39-31(25)37/h1-18H. The number of fused-ring (bicyclic) bond motifs is 9. The molecule has 4 nitrogen and oxygen atoms in total. The predicted octanol–water partition coefficient (Wildman–Crippen LogP) is 9.15. The molecule has 0 bridgehead atoms. The molecule has 0 amide bonds. The molecule has 188 valence electrons. The second-order valence-corrected chi connectivity index (χ2v) is 9.63. The lowest BCUT2D eigenvalue weighted by molar-refractivity contribution is -0.197. The van der Waals surface area contributed by atoms with E-state index in [2.05, 4.69) is 12.1 Å². The van der Waals surface area contributed by atoms with Crippen LogP contribution in [0.5, 0.6) is 0 Å². The van der Waals surface area contributed by atoms with E-state index >= 15 is 0 Å². The van der Waals surface area contributed by atoms with Crippen molar-refractivity contribution in [2.75, 3.05) is 0 Å². The second kappa shape index (κ2) is 7.74. The van der Waals surface area contributed by atoms with Crippen molar-refractivity contribution >= 4 is 49.3 Å². The fraction of sp³-hybridized carbons (Fsp3) is 0.0312. The average Bonchev–Trinajstić information content (AvgIpc) is 3.68. The summed E-state index contributed by atoms with van der Waals surface area (Å²) in [6, 6.07) is 29.8. The molecule has 0 fully saturated rings. The van der Waals surface area contributed by atoms with Crippen molar-refractivity contribution in [2.45, 2.75) is 6.30 Å². The van der Waals surface area contributed by atoms with Crippen molar-refractivity contribution in [1.82, 2.24) is 14.0 Å². The van der Waals surface area contributed by atoms with Gasteiger partial charge in [-0.2, -0.15) is 0 Å². The minimum atomic E-state index is -4.51. The largest absolute Gasteiger partial charge is 0.489 e. The minimum absolute atomic E-state index is 0.144. The number of nitrogens with zero attached hydrogens (tertiary/aromatic N) is 3. The van der Waals surface area contributed by atoms with Gasteiger partial charge in [0.2, 0.25) is 5.71 Å². The first-order chi connectivity index (χ1) is 19.0. The fourth-order valence-corrected chi connectivity index (χ4v) is 5.73. The molecule has 4 aromatic heterocycles. The van der Waals surface area contributed by atoms with Crippen LogP contribution in [0.15, 0.2) is 114 Å². The molecule has 0 radical (unpaired) electrons. The summed E-state index contributed by atoms with van der Waals surface area (Å²) >= 11 is 0. The van der Waals surface area contributed by atoms with E-state index < -0.39 is 6.30 Å².